The van der Waals surface area contributed by atoms with E-state index in [0.29, 0.717) is 12.7 Å². The highest BCUT2D eigenvalue weighted by molar-refractivity contribution is 7.86. The Morgan fingerprint density at radius 3 is 1.47 bits per heavy atom. The van der Waals surface area contributed by atoms with Crippen LogP contribution in [0.2, 0.25) is 0 Å². The molecule has 1 unspecified atom stereocenters. The second-order valence-corrected chi connectivity index (χ2v) is 11.5. The number of hydrogen-bond acceptors (Lipinski definition) is 8. The van der Waals surface area contributed by atoms with Crippen LogP contribution in [0.15, 0.2) is 91.0 Å². The van der Waals surface area contributed by atoms with Crippen LogP contribution in [0.1, 0.15) is 23.1 Å². The highest BCUT2D eigenvalue weighted by Crippen LogP contribution is 2.40. The normalized spacial score (nSPS) is 12.8. The van der Waals surface area contributed by atoms with Gasteiger partial charge in [-0.2, -0.15) is 16.8 Å². The summed E-state index contributed by atoms with van der Waals surface area (Å²) in [6.45, 7) is 0.0617. The lowest BCUT2D eigenvalue weighted by Crippen LogP contribution is -2.37. The van der Waals surface area contributed by atoms with Gasteiger partial charge in [0.05, 0.1) is 38.4 Å². The van der Waals surface area contributed by atoms with E-state index in [1.54, 1.807) is 0 Å². The van der Waals surface area contributed by atoms with Gasteiger partial charge < -0.3 is 14.6 Å². The molecule has 3 aromatic carbocycles. The molecule has 208 valence electrons. The van der Waals surface area contributed by atoms with Crippen molar-refractivity contribution in [3.05, 3.63) is 108 Å². The minimum absolute atomic E-state index is 0.0656. The maximum Gasteiger partial charge on any atom is 0.264 e. The third-order valence-electron chi connectivity index (χ3n) is 5.21. The highest BCUT2D eigenvalue weighted by Gasteiger charge is 2.38. The number of hydrogen-bond donors (Lipinski definition) is 2. The van der Waals surface area contributed by atoms with Crippen molar-refractivity contribution in [2.75, 3.05) is 38.9 Å². The molecule has 3 aromatic rings. The Labute approximate surface area is 224 Å². The minimum Gasteiger partial charge on any atom is -0.396 e. The average molecular weight is 567 g/mol. The van der Waals surface area contributed by atoms with E-state index in [1.165, 1.54) is 0 Å². The van der Waals surface area contributed by atoms with E-state index in [0.717, 1.165) is 22.9 Å². The Morgan fingerprint density at radius 2 is 1.13 bits per heavy atom. The summed E-state index contributed by atoms with van der Waals surface area (Å²) >= 11 is 0. The molecule has 0 fully saturated rings. The van der Waals surface area contributed by atoms with Gasteiger partial charge in [-0.05, 0) is 23.1 Å². The first-order valence-electron chi connectivity index (χ1n) is 11.8. The number of benzene rings is 3. The first-order chi connectivity index (χ1) is 18.0. The molecule has 0 amide bonds. The lowest BCUT2D eigenvalue weighted by atomic mass is 9.80. The van der Waals surface area contributed by atoms with Crippen LogP contribution in [-0.2, 0) is 39.5 Å². The predicted molar refractivity (Wildman–Crippen MR) is 145 cm³/mol. The summed E-state index contributed by atoms with van der Waals surface area (Å²) in [6.07, 6.45) is 1.60. The van der Waals surface area contributed by atoms with Crippen LogP contribution in [-0.4, -0.2) is 71.5 Å². The molecule has 0 saturated heterocycles. The van der Waals surface area contributed by atoms with Crippen molar-refractivity contribution >= 4 is 20.2 Å². The summed E-state index contributed by atoms with van der Waals surface area (Å²) in [5.41, 5.74) is 1.99. The molecule has 0 bridgehead atoms. The van der Waals surface area contributed by atoms with Gasteiger partial charge in [-0.25, -0.2) is 0 Å². The van der Waals surface area contributed by atoms with Gasteiger partial charge in [0.1, 0.15) is 5.60 Å². The molecule has 0 spiro atoms. The van der Waals surface area contributed by atoms with Gasteiger partial charge in [-0.3, -0.25) is 8.74 Å². The van der Waals surface area contributed by atoms with E-state index < -0.39 is 31.9 Å². The van der Waals surface area contributed by atoms with Crippen LogP contribution in [0.5, 0.6) is 0 Å². The Balaban J connectivity index is 0.000000926. The zero-order valence-corrected chi connectivity index (χ0v) is 23.0. The molecular formula is C27H34O9S2. The molecule has 11 heteroatoms. The largest absolute Gasteiger partial charge is 0.396 e. The van der Waals surface area contributed by atoms with Gasteiger partial charge in [-0.15, -0.1) is 0 Å². The summed E-state index contributed by atoms with van der Waals surface area (Å²) in [5, 5.41) is 9.54. The quantitative estimate of drug-likeness (QED) is 0.138. The Hall–Kier alpha value is -2.64. The first kappa shape index (κ1) is 31.6. The van der Waals surface area contributed by atoms with E-state index in [2.05, 4.69) is 0 Å². The minimum atomic E-state index is -3.67. The summed E-state index contributed by atoms with van der Waals surface area (Å²) in [5.74, 6) is 0. The molecule has 0 aliphatic carbocycles. The van der Waals surface area contributed by atoms with Gasteiger partial charge in [0, 0.05) is 6.61 Å². The molecule has 0 aliphatic heterocycles. The smallest absolute Gasteiger partial charge is 0.264 e. The summed E-state index contributed by atoms with van der Waals surface area (Å²) < 4.78 is 65.5. The Kier molecular flexibility index (Phi) is 12.5. The number of rotatable bonds is 13. The second-order valence-electron chi connectivity index (χ2n) is 8.35. The summed E-state index contributed by atoms with van der Waals surface area (Å²) in [7, 11) is -7.21. The fraction of sp³-hybridized carbons (Fsp3) is 0.333. The van der Waals surface area contributed by atoms with Crippen molar-refractivity contribution in [2.45, 2.75) is 18.1 Å². The van der Waals surface area contributed by atoms with Gasteiger partial charge >= 0.3 is 0 Å². The van der Waals surface area contributed by atoms with Crippen molar-refractivity contribution in [3.8, 4) is 0 Å². The van der Waals surface area contributed by atoms with Crippen LogP contribution in [0.3, 0.4) is 0 Å². The van der Waals surface area contributed by atoms with Gasteiger partial charge in [0.2, 0.25) is 0 Å². The monoisotopic (exact) mass is 566 g/mol. The average Bonchev–Trinajstić information content (AvgIpc) is 2.87. The lowest BCUT2D eigenvalue weighted by Gasteiger charge is -2.37. The Morgan fingerprint density at radius 1 is 0.737 bits per heavy atom. The fourth-order valence-corrected chi connectivity index (χ4v) is 4.12. The van der Waals surface area contributed by atoms with E-state index in [9.17, 15) is 21.9 Å². The van der Waals surface area contributed by atoms with Crippen molar-refractivity contribution in [3.63, 3.8) is 0 Å². The van der Waals surface area contributed by atoms with Crippen LogP contribution in [0, 0.1) is 0 Å². The van der Waals surface area contributed by atoms with E-state index in [4.69, 9.17) is 18.2 Å². The molecule has 1 atom stereocenters. The van der Waals surface area contributed by atoms with E-state index in [1.807, 2.05) is 91.0 Å². The summed E-state index contributed by atoms with van der Waals surface area (Å²) in [6, 6.07) is 29.9. The molecule has 9 nitrogen and oxygen atoms in total. The molecule has 0 saturated carbocycles. The zero-order chi connectivity index (χ0) is 28.1. The van der Waals surface area contributed by atoms with Gasteiger partial charge in [0.25, 0.3) is 20.2 Å². The van der Waals surface area contributed by atoms with Gasteiger partial charge in [0.15, 0.2) is 0 Å². The van der Waals surface area contributed by atoms with Gasteiger partial charge in [-0.1, -0.05) is 91.0 Å². The number of aliphatic hydroxyl groups excluding tert-OH is 1. The second kappa shape index (κ2) is 15.1. The third-order valence-corrected chi connectivity index (χ3v) is 5.81. The Bertz CT molecular complexity index is 1180. The molecule has 38 heavy (non-hydrogen) atoms. The first-order valence-corrected chi connectivity index (χ1v) is 15.4. The molecule has 0 heterocycles. The third kappa shape index (κ3) is 11.0. The maximum absolute atomic E-state index is 11.2. The van der Waals surface area contributed by atoms with E-state index >= 15 is 0 Å². The van der Waals surface area contributed by atoms with Crippen LogP contribution in [0.4, 0.5) is 0 Å². The van der Waals surface area contributed by atoms with Crippen molar-refractivity contribution < 1.29 is 40.2 Å². The van der Waals surface area contributed by atoms with E-state index in [-0.39, 0.29) is 26.4 Å². The van der Waals surface area contributed by atoms with Crippen LogP contribution < -0.4 is 0 Å². The van der Waals surface area contributed by atoms with Crippen molar-refractivity contribution in [2.24, 2.45) is 0 Å². The number of aliphatic hydroxyl groups is 1. The zero-order valence-electron chi connectivity index (χ0n) is 21.3. The SMILES string of the molecule is CS(=O)(=O)O.CS(=O)(=O)OCCOC(CCO)COC(c1ccccc1)(c1ccccc1)c1ccccc1. The fourth-order valence-electron chi connectivity index (χ4n) is 3.75. The highest BCUT2D eigenvalue weighted by atomic mass is 32.2. The van der Waals surface area contributed by atoms with Crippen molar-refractivity contribution in [1.29, 1.82) is 0 Å². The molecular weight excluding hydrogens is 532 g/mol. The van der Waals surface area contributed by atoms with Crippen LogP contribution in [0.25, 0.3) is 0 Å². The molecule has 0 aromatic heterocycles. The van der Waals surface area contributed by atoms with Crippen LogP contribution >= 0.6 is 0 Å². The topological polar surface area (TPSA) is 136 Å². The predicted octanol–water partition coefficient (Wildman–Crippen LogP) is 3.24. The summed E-state index contributed by atoms with van der Waals surface area (Å²) in [4.78, 5) is 0. The molecule has 3 rings (SSSR count). The molecule has 0 radical (unpaired) electrons. The molecule has 0 aliphatic rings. The molecule has 2 N–H and O–H groups in total. The van der Waals surface area contributed by atoms with Crippen molar-refractivity contribution in [1.82, 2.24) is 0 Å². The lowest BCUT2D eigenvalue weighted by molar-refractivity contribution is -0.0747. The standard InChI is InChI=1S/C26H30O6S.CH4O3S/c1-33(28,29)32-20-19-30-25(17-18-27)21-31-26(22-11-5-2-6-12-22,23-13-7-3-8-14-23)24-15-9-4-10-16-24;1-5(2,3)4/h2-16,25,27H,17-21H2,1H3;1H3,(H,2,3,4). The maximum atomic E-state index is 11.2. The number of ether oxygens (including phenoxy) is 2.